The number of hydrogen-bond acceptors (Lipinski definition) is 4. The summed E-state index contributed by atoms with van der Waals surface area (Å²) in [5.41, 5.74) is 7.59. The Morgan fingerprint density at radius 3 is 2.73 bits per heavy atom. The summed E-state index contributed by atoms with van der Waals surface area (Å²) in [7, 11) is 0. The lowest BCUT2D eigenvalue weighted by molar-refractivity contribution is 0.0706. The second kappa shape index (κ2) is 7.89. The van der Waals surface area contributed by atoms with Crippen LogP contribution in [0.4, 0.5) is 5.69 Å². The SMILES string of the molecule is CC(=Cc1ccc(C(=O)NO)cc1)CNc1ccc2c(c1)OCC=C2C. The van der Waals surface area contributed by atoms with Crippen LogP contribution in [0.5, 0.6) is 5.75 Å². The number of hydrogen-bond donors (Lipinski definition) is 3. The van der Waals surface area contributed by atoms with Crippen molar-refractivity contribution >= 4 is 23.2 Å². The fraction of sp³-hybridized carbons (Fsp3) is 0.190. The molecule has 0 fully saturated rings. The van der Waals surface area contributed by atoms with Crippen molar-refractivity contribution in [2.45, 2.75) is 13.8 Å². The van der Waals surface area contributed by atoms with E-state index in [9.17, 15) is 4.79 Å². The number of carbonyl (C=O) groups is 1. The van der Waals surface area contributed by atoms with E-state index < -0.39 is 5.91 Å². The van der Waals surface area contributed by atoms with Crippen molar-refractivity contribution in [3.63, 3.8) is 0 Å². The molecule has 0 spiro atoms. The normalized spacial score (nSPS) is 13.3. The first-order chi connectivity index (χ1) is 12.6. The first kappa shape index (κ1) is 17.8. The Kier molecular flexibility index (Phi) is 5.39. The van der Waals surface area contributed by atoms with Crippen LogP contribution in [0.25, 0.3) is 11.6 Å². The van der Waals surface area contributed by atoms with Crippen molar-refractivity contribution in [3.8, 4) is 5.75 Å². The average molecular weight is 350 g/mol. The van der Waals surface area contributed by atoms with Crippen LogP contribution in [0.2, 0.25) is 0 Å². The number of ether oxygens (including phenoxy) is 1. The molecule has 0 saturated carbocycles. The summed E-state index contributed by atoms with van der Waals surface area (Å²) in [6.45, 7) is 5.46. The number of anilines is 1. The Bertz CT molecular complexity index is 867. The van der Waals surface area contributed by atoms with Gasteiger partial charge in [0.05, 0.1) is 0 Å². The van der Waals surface area contributed by atoms with Crippen LogP contribution < -0.4 is 15.5 Å². The van der Waals surface area contributed by atoms with Crippen LogP contribution in [-0.2, 0) is 0 Å². The fourth-order valence-corrected chi connectivity index (χ4v) is 2.82. The van der Waals surface area contributed by atoms with Crippen molar-refractivity contribution in [1.29, 1.82) is 0 Å². The first-order valence-corrected chi connectivity index (χ1v) is 8.46. The van der Waals surface area contributed by atoms with Gasteiger partial charge in [-0.1, -0.05) is 23.8 Å². The van der Waals surface area contributed by atoms with Gasteiger partial charge in [0.15, 0.2) is 0 Å². The predicted octanol–water partition coefficient (Wildman–Crippen LogP) is 4.12. The number of allylic oxidation sites excluding steroid dienone is 1. The third-order valence-electron chi connectivity index (χ3n) is 4.29. The molecule has 3 rings (SSSR count). The summed E-state index contributed by atoms with van der Waals surface area (Å²) in [5, 5.41) is 12.0. The lowest BCUT2D eigenvalue weighted by atomic mass is 10.0. The monoisotopic (exact) mass is 350 g/mol. The summed E-state index contributed by atoms with van der Waals surface area (Å²) >= 11 is 0. The van der Waals surface area contributed by atoms with E-state index >= 15 is 0 Å². The standard InChI is InChI=1S/C21H22N2O3/c1-14(11-16-3-5-17(6-4-16)21(24)23-25)13-22-18-7-8-19-15(2)9-10-26-20(19)12-18/h3-9,11-12,22,25H,10,13H2,1-2H3,(H,23,24). The number of carbonyl (C=O) groups excluding carboxylic acids is 1. The van der Waals surface area contributed by atoms with Crippen molar-refractivity contribution < 1.29 is 14.7 Å². The van der Waals surface area contributed by atoms with Gasteiger partial charge >= 0.3 is 0 Å². The molecule has 0 radical (unpaired) electrons. The highest BCUT2D eigenvalue weighted by Gasteiger charge is 2.10. The van der Waals surface area contributed by atoms with Gasteiger partial charge in [-0.3, -0.25) is 10.0 Å². The summed E-state index contributed by atoms with van der Waals surface area (Å²) in [6.07, 6.45) is 4.13. The van der Waals surface area contributed by atoms with E-state index in [-0.39, 0.29) is 0 Å². The van der Waals surface area contributed by atoms with Gasteiger partial charge in [0.1, 0.15) is 12.4 Å². The summed E-state index contributed by atoms with van der Waals surface area (Å²) < 4.78 is 5.70. The number of amides is 1. The van der Waals surface area contributed by atoms with Gasteiger partial charge in [0.2, 0.25) is 0 Å². The molecular formula is C21H22N2O3. The minimum absolute atomic E-state index is 0.416. The quantitative estimate of drug-likeness (QED) is 0.560. The van der Waals surface area contributed by atoms with Gasteiger partial charge in [-0.2, -0.15) is 0 Å². The molecule has 26 heavy (non-hydrogen) atoms. The highest BCUT2D eigenvalue weighted by molar-refractivity contribution is 5.93. The lowest BCUT2D eigenvalue weighted by Gasteiger charge is -2.18. The second-order valence-corrected chi connectivity index (χ2v) is 6.32. The molecule has 5 nitrogen and oxygen atoms in total. The van der Waals surface area contributed by atoms with Crippen molar-refractivity contribution in [1.82, 2.24) is 5.48 Å². The van der Waals surface area contributed by atoms with E-state index in [0.29, 0.717) is 18.7 Å². The topological polar surface area (TPSA) is 70.6 Å². The Morgan fingerprint density at radius 1 is 1.23 bits per heavy atom. The number of rotatable bonds is 5. The van der Waals surface area contributed by atoms with Gasteiger partial charge in [-0.15, -0.1) is 0 Å². The molecule has 2 aromatic carbocycles. The van der Waals surface area contributed by atoms with E-state index in [4.69, 9.17) is 9.94 Å². The smallest absolute Gasteiger partial charge is 0.274 e. The van der Waals surface area contributed by atoms with Gasteiger partial charge in [-0.25, -0.2) is 5.48 Å². The van der Waals surface area contributed by atoms with Crippen LogP contribution in [-0.4, -0.2) is 24.3 Å². The fourth-order valence-electron chi connectivity index (χ4n) is 2.82. The van der Waals surface area contributed by atoms with E-state index in [1.165, 1.54) is 5.57 Å². The molecule has 134 valence electrons. The molecule has 0 aromatic heterocycles. The molecule has 1 amide bonds. The molecule has 0 atom stereocenters. The zero-order chi connectivity index (χ0) is 18.5. The maximum atomic E-state index is 11.3. The molecule has 3 N–H and O–H groups in total. The maximum Gasteiger partial charge on any atom is 0.274 e. The van der Waals surface area contributed by atoms with Gasteiger partial charge < -0.3 is 10.1 Å². The minimum atomic E-state index is -0.515. The van der Waals surface area contributed by atoms with Gasteiger partial charge in [-0.05, 0) is 55.3 Å². The Morgan fingerprint density at radius 2 is 2.00 bits per heavy atom. The maximum absolute atomic E-state index is 11.3. The van der Waals surface area contributed by atoms with Crippen molar-refractivity contribution in [2.75, 3.05) is 18.5 Å². The molecule has 0 unspecified atom stereocenters. The van der Waals surface area contributed by atoms with E-state index in [2.05, 4.69) is 36.5 Å². The third-order valence-corrected chi connectivity index (χ3v) is 4.29. The third kappa shape index (κ3) is 4.13. The molecule has 0 saturated heterocycles. The molecule has 5 heteroatoms. The summed E-state index contributed by atoms with van der Waals surface area (Å²) in [5.74, 6) is 0.396. The summed E-state index contributed by atoms with van der Waals surface area (Å²) in [6, 6.07) is 13.2. The van der Waals surface area contributed by atoms with Gasteiger partial charge in [0.25, 0.3) is 5.91 Å². The molecule has 1 aliphatic rings. The Hall–Kier alpha value is -3.05. The number of hydroxylamine groups is 1. The van der Waals surface area contributed by atoms with Crippen molar-refractivity contribution in [3.05, 3.63) is 70.8 Å². The number of nitrogens with one attached hydrogen (secondary N) is 2. The molecule has 0 bridgehead atoms. The zero-order valence-electron chi connectivity index (χ0n) is 14.9. The van der Waals surface area contributed by atoms with Gasteiger partial charge in [0, 0.05) is 29.4 Å². The molecular weight excluding hydrogens is 328 g/mol. The largest absolute Gasteiger partial charge is 0.489 e. The van der Waals surface area contributed by atoms with Crippen LogP contribution in [0.3, 0.4) is 0 Å². The highest BCUT2D eigenvalue weighted by Crippen LogP contribution is 2.31. The van der Waals surface area contributed by atoms with Crippen LogP contribution in [0, 0.1) is 0 Å². The highest BCUT2D eigenvalue weighted by atomic mass is 16.5. The summed E-state index contributed by atoms with van der Waals surface area (Å²) in [4.78, 5) is 11.3. The van der Waals surface area contributed by atoms with Crippen LogP contribution in [0.1, 0.15) is 35.3 Å². The Balaban J connectivity index is 1.63. The zero-order valence-corrected chi connectivity index (χ0v) is 14.9. The minimum Gasteiger partial charge on any atom is -0.489 e. The lowest BCUT2D eigenvalue weighted by Crippen LogP contribution is -2.18. The van der Waals surface area contributed by atoms with E-state index in [1.54, 1.807) is 17.6 Å². The number of fused-ring (bicyclic) bond motifs is 1. The molecule has 1 aliphatic heterocycles. The Labute approximate surface area is 153 Å². The average Bonchev–Trinajstić information content (AvgIpc) is 2.66. The van der Waals surface area contributed by atoms with Crippen LogP contribution in [0.15, 0.2) is 54.1 Å². The van der Waals surface area contributed by atoms with Crippen LogP contribution >= 0.6 is 0 Å². The van der Waals surface area contributed by atoms with Crippen molar-refractivity contribution in [2.24, 2.45) is 0 Å². The molecule has 1 heterocycles. The number of benzene rings is 2. The van der Waals surface area contributed by atoms with E-state index in [0.717, 1.165) is 28.1 Å². The predicted molar refractivity (Wildman–Crippen MR) is 103 cm³/mol. The first-order valence-electron chi connectivity index (χ1n) is 8.46. The molecule has 2 aromatic rings. The van der Waals surface area contributed by atoms with E-state index in [1.807, 2.05) is 25.1 Å². The molecule has 0 aliphatic carbocycles. The second-order valence-electron chi connectivity index (χ2n) is 6.32.